The maximum Gasteiger partial charge on any atom is 0.315 e. The fraction of sp³-hybridized carbons (Fsp3) is 0.643. The van der Waals surface area contributed by atoms with Gasteiger partial charge in [0.25, 0.3) is 0 Å². The van der Waals surface area contributed by atoms with Gasteiger partial charge in [-0.25, -0.2) is 4.79 Å². The van der Waals surface area contributed by atoms with E-state index >= 15 is 0 Å². The Balaban J connectivity index is 1.87. The Morgan fingerprint density at radius 3 is 3.11 bits per heavy atom. The molecule has 0 fully saturated rings. The lowest BCUT2D eigenvalue weighted by Gasteiger charge is -2.26. The second kappa shape index (κ2) is 5.92. The predicted octanol–water partition coefficient (Wildman–Crippen LogP) is 2.85. The largest absolute Gasteiger partial charge is 0.377 e. The summed E-state index contributed by atoms with van der Waals surface area (Å²) in [7, 11) is 1.65. The Labute approximate surface area is 118 Å². The first-order valence-electron chi connectivity index (χ1n) is 6.67. The van der Waals surface area contributed by atoms with Crippen LogP contribution in [0.1, 0.15) is 43.2 Å². The van der Waals surface area contributed by atoms with E-state index < -0.39 is 0 Å². The standard InChI is InChI=1S/C14H22N2O2S/c1-14(2,18-3)9-15-13(17)16-11-5-4-6-12-10(11)7-8-19-12/h7-8,11H,4-6,9H2,1-3H3,(H2,15,16,17)/t11-/m1/s1. The molecule has 2 rings (SSSR count). The number of hydrogen-bond acceptors (Lipinski definition) is 3. The zero-order chi connectivity index (χ0) is 13.9. The molecule has 0 bridgehead atoms. The van der Waals surface area contributed by atoms with E-state index in [4.69, 9.17) is 4.74 Å². The molecule has 1 atom stereocenters. The molecule has 0 saturated heterocycles. The van der Waals surface area contributed by atoms with Gasteiger partial charge in [-0.2, -0.15) is 0 Å². The van der Waals surface area contributed by atoms with E-state index in [0.717, 1.165) is 19.3 Å². The number of methoxy groups -OCH3 is 1. The molecule has 1 aliphatic carbocycles. The second-order valence-corrected chi connectivity index (χ2v) is 6.54. The third kappa shape index (κ3) is 3.70. The molecule has 106 valence electrons. The number of carbonyl (C=O) groups excluding carboxylic acids is 1. The molecule has 0 spiro atoms. The zero-order valence-electron chi connectivity index (χ0n) is 11.8. The number of rotatable bonds is 4. The number of urea groups is 1. The van der Waals surface area contributed by atoms with Gasteiger partial charge in [0, 0.05) is 18.5 Å². The lowest BCUT2D eigenvalue weighted by atomic mass is 9.94. The zero-order valence-corrected chi connectivity index (χ0v) is 12.6. The quantitative estimate of drug-likeness (QED) is 0.892. The van der Waals surface area contributed by atoms with Crippen molar-refractivity contribution in [3.63, 3.8) is 0 Å². The van der Waals surface area contributed by atoms with Gasteiger partial charge in [0.05, 0.1) is 11.6 Å². The normalized spacial score (nSPS) is 18.8. The maximum absolute atomic E-state index is 11.9. The molecule has 1 aromatic heterocycles. The Morgan fingerprint density at radius 2 is 2.37 bits per heavy atom. The summed E-state index contributed by atoms with van der Waals surface area (Å²) in [5.74, 6) is 0. The highest BCUT2D eigenvalue weighted by Crippen LogP contribution is 2.33. The van der Waals surface area contributed by atoms with Gasteiger partial charge < -0.3 is 15.4 Å². The van der Waals surface area contributed by atoms with Crippen molar-refractivity contribution >= 4 is 17.4 Å². The van der Waals surface area contributed by atoms with Crippen molar-refractivity contribution in [3.8, 4) is 0 Å². The van der Waals surface area contributed by atoms with Crippen LogP contribution >= 0.6 is 11.3 Å². The minimum atomic E-state index is -0.336. The first-order valence-corrected chi connectivity index (χ1v) is 7.55. The van der Waals surface area contributed by atoms with Crippen molar-refractivity contribution in [3.05, 3.63) is 21.9 Å². The third-order valence-electron chi connectivity index (χ3n) is 3.58. The topological polar surface area (TPSA) is 50.4 Å². The van der Waals surface area contributed by atoms with E-state index in [1.165, 1.54) is 10.4 Å². The molecule has 0 aliphatic heterocycles. The molecule has 1 heterocycles. The lowest BCUT2D eigenvalue weighted by Crippen LogP contribution is -2.45. The lowest BCUT2D eigenvalue weighted by molar-refractivity contribution is 0.0253. The maximum atomic E-state index is 11.9. The summed E-state index contributed by atoms with van der Waals surface area (Å²) in [4.78, 5) is 13.3. The van der Waals surface area contributed by atoms with Crippen molar-refractivity contribution in [2.24, 2.45) is 0 Å². The fourth-order valence-corrected chi connectivity index (χ4v) is 3.20. The summed E-state index contributed by atoms with van der Waals surface area (Å²) in [5, 5.41) is 8.04. The highest BCUT2D eigenvalue weighted by Gasteiger charge is 2.23. The van der Waals surface area contributed by atoms with Crippen LogP contribution in [0.15, 0.2) is 11.4 Å². The molecule has 2 amide bonds. The van der Waals surface area contributed by atoms with Crippen molar-refractivity contribution in [1.82, 2.24) is 10.6 Å². The second-order valence-electron chi connectivity index (χ2n) is 5.53. The van der Waals surface area contributed by atoms with Crippen LogP contribution < -0.4 is 10.6 Å². The Kier molecular flexibility index (Phi) is 4.47. The summed E-state index contributed by atoms with van der Waals surface area (Å²) in [6, 6.07) is 2.17. The van der Waals surface area contributed by atoms with Crippen LogP contribution in [-0.4, -0.2) is 25.3 Å². The molecule has 19 heavy (non-hydrogen) atoms. The van der Waals surface area contributed by atoms with Crippen molar-refractivity contribution in [2.75, 3.05) is 13.7 Å². The van der Waals surface area contributed by atoms with Crippen LogP contribution in [0.25, 0.3) is 0 Å². The fourth-order valence-electron chi connectivity index (χ4n) is 2.21. The molecule has 4 nitrogen and oxygen atoms in total. The monoisotopic (exact) mass is 282 g/mol. The Morgan fingerprint density at radius 1 is 1.58 bits per heavy atom. The van der Waals surface area contributed by atoms with Gasteiger partial charge in [-0.3, -0.25) is 0 Å². The van der Waals surface area contributed by atoms with Gasteiger partial charge >= 0.3 is 6.03 Å². The first-order chi connectivity index (χ1) is 9.02. The van der Waals surface area contributed by atoms with Crippen molar-refractivity contribution < 1.29 is 9.53 Å². The molecule has 0 saturated carbocycles. The summed E-state index contributed by atoms with van der Waals surface area (Å²) in [5.41, 5.74) is 0.953. The van der Waals surface area contributed by atoms with Crippen LogP contribution in [0.3, 0.4) is 0 Å². The Hall–Kier alpha value is -1.07. The highest BCUT2D eigenvalue weighted by molar-refractivity contribution is 7.10. The number of ether oxygens (including phenoxy) is 1. The molecular formula is C14H22N2O2S. The molecule has 0 aromatic carbocycles. The smallest absolute Gasteiger partial charge is 0.315 e. The van der Waals surface area contributed by atoms with Crippen LogP contribution in [-0.2, 0) is 11.2 Å². The summed E-state index contributed by atoms with van der Waals surface area (Å²) < 4.78 is 5.28. The number of carbonyl (C=O) groups is 1. The number of hydrogen-bond donors (Lipinski definition) is 2. The number of nitrogens with one attached hydrogen (secondary N) is 2. The molecule has 5 heteroatoms. The van der Waals surface area contributed by atoms with Crippen LogP contribution in [0, 0.1) is 0 Å². The van der Waals surface area contributed by atoms with Gasteiger partial charge in [0.15, 0.2) is 0 Å². The molecule has 1 aliphatic rings. The average Bonchev–Trinajstić information content (AvgIpc) is 2.86. The summed E-state index contributed by atoms with van der Waals surface area (Å²) in [6.45, 7) is 4.40. The molecular weight excluding hydrogens is 260 g/mol. The molecule has 1 aromatic rings. The van der Waals surface area contributed by atoms with Crippen LogP contribution in [0.2, 0.25) is 0 Å². The number of thiophene rings is 1. The third-order valence-corrected chi connectivity index (χ3v) is 4.58. The van der Waals surface area contributed by atoms with Gasteiger partial charge in [0.1, 0.15) is 0 Å². The number of fused-ring (bicyclic) bond motifs is 1. The Bertz CT molecular complexity index is 442. The van der Waals surface area contributed by atoms with E-state index in [9.17, 15) is 4.79 Å². The minimum Gasteiger partial charge on any atom is -0.377 e. The van der Waals surface area contributed by atoms with E-state index in [1.54, 1.807) is 18.4 Å². The average molecular weight is 282 g/mol. The molecule has 0 radical (unpaired) electrons. The van der Waals surface area contributed by atoms with Crippen LogP contribution in [0.5, 0.6) is 0 Å². The van der Waals surface area contributed by atoms with E-state index in [0.29, 0.717) is 6.54 Å². The highest BCUT2D eigenvalue weighted by atomic mass is 32.1. The molecule has 0 unspecified atom stereocenters. The SMILES string of the molecule is COC(C)(C)CNC(=O)N[C@@H]1CCCc2sccc21. The van der Waals surface area contributed by atoms with Gasteiger partial charge in [-0.05, 0) is 50.1 Å². The summed E-state index contributed by atoms with van der Waals surface area (Å²) in [6.07, 6.45) is 3.30. The van der Waals surface area contributed by atoms with Gasteiger partial charge in [-0.15, -0.1) is 11.3 Å². The van der Waals surface area contributed by atoms with E-state index in [-0.39, 0.29) is 17.7 Å². The number of aryl methyl sites for hydroxylation is 1. The molecule has 2 N–H and O–H groups in total. The number of amides is 2. The first kappa shape index (κ1) is 14.3. The predicted molar refractivity (Wildman–Crippen MR) is 77.6 cm³/mol. The van der Waals surface area contributed by atoms with Crippen LogP contribution in [0.4, 0.5) is 4.79 Å². The van der Waals surface area contributed by atoms with Crippen molar-refractivity contribution in [2.45, 2.75) is 44.8 Å². The van der Waals surface area contributed by atoms with Gasteiger partial charge in [-0.1, -0.05) is 0 Å². The summed E-state index contributed by atoms with van der Waals surface area (Å²) >= 11 is 1.79. The van der Waals surface area contributed by atoms with Gasteiger partial charge in [0.2, 0.25) is 0 Å². The van der Waals surface area contributed by atoms with E-state index in [2.05, 4.69) is 22.1 Å². The minimum absolute atomic E-state index is 0.117. The van der Waals surface area contributed by atoms with E-state index in [1.807, 2.05) is 13.8 Å². The van der Waals surface area contributed by atoms with Crippen molar-refractivity contribution in [1.29, 1.82) is 0 Å².